The van der Waals surface area contributed by atoms with E-state index in [1.54, 1.807) is 30.2 Å². The molecule has 1 saturated heterocycles. The molecule has 1 amide bonds. The van der Waals surface area contributed by atoms with E-state index in [0.717, 1.165) is 18.5 Å². The second-order valence-corrected chi connectivity index (χ2v) is 7.24. The third-order valence-corrected chi connectivity index (χ3v) is 5.60. The minimum absolute atomic E-state index is 0.0289. The molecule has 2 rings (SSSR count). The van der Waals surface area contributed by atoms with Gasteiger partial charge >= 0.3 is 5.97 Å². The van der Waals surface area contributed by atoms with Crippen molar-refractivity contribution in [1.29, 1.82) is 0 Å². The lowest BCUT2D eigenvalue weighted by Gasteiger charge is -2.30. The molecule has 1 aliphatic heterocycles. The first-order valence-corrected chi connectivity index (χ1v) is 10.0. The Morgan fingerprint density at radius 2 is 1.96 bits per heavy atom. The van der Waals surface area contributed by atoms with Crippen LogP contribution in [0.4, 0.5) is 0 Å². The van der Waals surface area contributed by atoms with Gasteiger partial charge < -0.3 is 18.9 Å². The normalized spacial score (nSPS) is 17.4. The summed E-state index contributed by atoms with van der Waals surface area (Å²) in [7, 11) is 1.33. The molecule has 0 saturated carbocycles. The molecule has 0 aromatic carbocycles. The van der Waals surface area contributed by atoms with Crippen LogP contribution in [0.3, 0.4) is 0 Å². The average molecular weight is 392 g/mol. The number of carbonyl (C=O) groups excluding carboxylic acids is 3. The molecule has 2 atom stereocenters. The average Bonchev–Trinajstić information content (AvgIpc) is 3.29. The molecule has 1 aromatic rings. The highest BCUT2D eigenvalue weighted by molar-refractivity contribution is 6.06. The summed E-state index contributed by atoms with van der Waals surface area (Å²) in [6.45, 7) is 10.7. The molecular formula is C21H32N2O5. The zero-order valence-corrected chi connectivity index (χ0v) is 17.8. The van der Waals surface area contributed by atoms with Gasteiger partial charge in [-0.2, -0.15) is 0 Å². The Morgan fingerprint density at radius 3 is 2.46 bits per heavy atom. The van der Waals surface area contributed by atoms with Crippen LogP contribution >= 0.6 is 0 Å². The van der Waals surface area contributed by atoms with Gasteiger partial charge in [0.15, 0.2) is 5.78 Å². The van der Waals surface area contributed by atoms with E-state index in [-0.39, 0.29) is 17.8 Å². The van der Waals surface area contributed by atoms with Crippen LogP contribution in [-0.4, -0.2) is 59.5 Å². The summed E-state index contributed by atoms with van der Waals surface area (Å²) in [5.41, 5.74) is 2.21. The van der Waals surface area contributed by atoms with Crippen molar-refractivity contribution in [2.45, 2.75) is 72.6 Å². The van der Waals surface area contributed by atoms with Gasteiger partial charge in [-0.25, -0.2) is 4.79 Å². The molecular weight excluding hydrogens is 360 g/mol. The maximum atomic E-state index is 13.4. The lowest BCUT2D eigenvalue weighted by Crippen LogP contribution is -2.46. The van der Waals surface area contributed by atoms with Crippen LogP contribution < -0.4 is 0 Å². The van der Waals surface area contributed by atoms with Crippen LogP contribution in [0.2, 0.25) is 0 Å². The highest BCUT2D eigenvalue weighted by Crippen LogP contribution is 2.26. The third-order valence-electron chi connectivity index (χ3n) is 5.60. The SMILES string of the molecule is CCC(=O)N(CC1CCCO1)C(C)C(=O)c1c(C)c(C(=O)OC)n(CC)c1C. The van der Waals surface area contributed by atoms with E-state index in [1.807, 2.05) is 13.8 Å². The number of carbonyl (C=O) groups is 3. The van der Waals surface area contributed by atoms with Crippen molar-refractivity contribution in [3.8, 4) is 0 Å². The van der Waals surface area contributed by atoms with E-state index in [9.17, 15) is 14.4 Å². The fourth-order valence-electron chi connectivity index (χ4n) is 4.05. The van der Waals surface area contributed by atoms with Crippen molar-refractivity contribution in [3.63, 3.8) is 0 Å². The predicted molar refractivity (Wildman–Crippen MR) is 106 cm³/mol. The molecule has 0 aliphatic carbocycles. The number of esters is 1. The highest BCUT2D eigenvalue weighted by Gasteiger charge is 2.34. The number of amides is 1. The smallest absolute Gasteiger partial charge is 0.354 e. The van der Waals surface area contributed by atoms with Crippen molar-refractivity contribution in [3.05, 3.63) is 22.5 Å². The van der Waals surface area contributed by atoms with Crippen LogP contribution in [0.25, 0.3) is 0 Å². The molecule has 7 heteroatoms. The van der Waals surface area contributed by atoms with Crippen LogP contribution in [0.5, 0.6) is 0 Å². The number of hydrogen-bond donors (Lipinski definition) is 0. The largest absolute Gasteiger partial charge is 0.464 e. The summed E-state index contributed by atoms with van der Waals surface area (Å²) in [6, 6.07) is -0.632. The minimum atomic E-state index is -0.632. The van der Waals surface area contributed by atoms with E-state index in [1.165, 1.54) is 7.11 Å². The highest BCUT2D eigenvalue weighted by atomic mass is 16.5. The Balaban J connectivity index is 2.40. The van der Waals surface area contributed by atoms with E-state index in [0.29, 0.717) is 42.9 Å². The van der Waals surface area contributed by atoms with Gasteiger partial charge in [0.1, 0.15) is 5.69 Å². The van der Waals surface area contributed by atoms with Crippen LogP contribution in [0.15, 0.2) is 0 Å². The maximum Gasteiger partial charge on any atom is 0.354 e. The number of nitrogens with zero attached hydrogens (tertiary/aromatic N) is 2. The van der Waals surface area contributed by atoms with Gasteiger partial charge in [0.05, 0.1) is 19.3 Å². The van der Waals surface area contributed by atoms with Crippen LogP contribution in [0, 0.1) is 13.8 Å². The first-order valence-electron chi connectivity index (χ1n) is 10.0. The summed E-state index contributed by atoms with van der Waals surface area (Å²) in [6.07, 6.45) is 2.16. The van der Waals surface area contributed by atoms with Crippen LogP contribution in [0.1, 0.15) is 72.1 Å². The fraction of sp³-hybridized carbons (Fsp3) is 0.667. The number of hydrogen-bond acceptors (Lipinski definition) is 5. The summed E-state index contributed by atoms with van der Waals surface area (Å²) in [4.78, 5) is 39.9. The molecule has 1 aromatic heterocycles. The molecule has 0 spiro atoms. The van der Waals surface area contributed by atoms with Gasteiger partial charge in [-0.1, -0.05) is 6.92 Å². The van der Waals surface area contributed by atoms with E-state index < -0.39 is 12.0 Å². The monoisotopic (exact) mass is 392 g/mol. The quantitative estimate of drug-likeness (QED) is 0.502. The Kier molecular flexibility index (Phi) is 7.41. The fourth-order valence-corrected chi connectivity index (χ4v) is 4.05. The molecule has 2 heterocycles. The van der Waals surface area contributed by atoms with Crippen molar-refractivity contribution in [2.24, 2.45) is 0 Å². The summed E-state index contributed by atoms with van der Waals surface area (Å²) in [5, 5.41) is 0. The second kappa shape index (κ2) is 9.37. The Morgan fingerprint density at radius 1 is 1.29 bits per heavy atom. The van der Waals surface area contributed by atoms with E-state index >= 15 is 0 Å². The Bertz CT molecular complexity index is 746. The number of ketones is 1. The molecule has 28 heavy (non-hydrogen) atoms. The number of rotatable bonds is 8. The molecule has 0 N–H and O–H groups in total. The minimum Gasteiger partial charge on any atom is -0.464 e. The number of methoxy groups -OCH3 is 1. The third kappa shape index (κ3) is 4.14. The molecule has 156 valence electrons. The predicted octanol–water partition coefficient (Wildman–Crippen LogP) is 2.90. The van der Waals surface area contributed by atoms with Gasteiger partial charge in [-0.3, -0.25) is 9.59 Å². The molecule has 2 unspecified atom stereocenters. The topological polar surface area (TPSA) is 77.8 Å². The molecule has 7 nitrogen and oxygen atoms in total. The van der Waals surface area contributed by atoms with Gasteiger partial charge in [-0.15, -0.1) is 0 Å². The summed E-state index contributed by atoms with van der Waals surface area (Å²) in [5.74, 6) is -0.697. The van der Waals surface area contributed by atoms with Gasteiger partial charge in [0.25, 0.3) is 0 Å². The van der Waals surface area contributed by atoms with E-state index in [2.05, 4.69) is 0 Å². The maximum absolute atomic E-state index is 13.4. The lowest BCUT2D eigenvalue weighted by atomic mass is 9.99. The van der Waals surface area contributed by atoms with E-state index in [4.69, 9.17) is 9.47 Å². The van der Waals surface area contributed by atoms with Gasteiger partial charge in [0.2, 0.25) is 5.91 Å². The number of ether oxygens (including phenoxy) is 2. The van der Waals surface area contributed by atoms with Gasteiger partial charge in [0, 0.05) is 37.4 Å². The zero-order valence-electron chi connectivity index (χ0n) is 17.8. The lowest BCUT2D eigenvalue weighted by molar-refractivity contribution is -0.133. The Labute approximate surface area is 167 Å². The Hall–Kier alpha value is -2.15. The number of aromatic nitrogens is 1. The second-order valence-electron chi connectivity index (χ2n) is 7.24. The van der Waals surface area contributed by atoms with Crippen molar-refractivity contribution in [2.75, 3.05) is 20.3 Å². The zero-order chi connectivity index (χ0) is 21.0. The van der Waals surface area contributed by atoms with Gasteiger partial charge in [-0.05, 0) is 46.1 Å². The summed E-state index contributed by atoms with van der Waals surface area (Å²) < 4.78 is 12.4. The molecule has 0 radical (unpaired) electrons. The first kappa shape index (κ1) is 22.1. The van der Waals surface area contributed by atoms with Crippen molar-refractivity contribution < 1.29 is 23.9 Å². The number of Topliss-reactive ketones (excluding diaryl/α,β-unsaturated/α-hetero) is 1. The van der Waals surface area contributed by atoms with Crippen LogP contribution in [-0.2, 0) is 20.8 Å². The first-order chi connectivity index (χ1) is 13.3. The van der Waals surface area contributed by atoms with Crippen molar-refractivity contribution >= 4 is 17.7 Å². The van der Waals surface area contributed by atoms with Crippen molar-refractivity contribution in [1.82, 2.24) is 9.47 Å². The summed E-state index contributed by atoms with van der Waals surface area (Å²) >= 11 is 0. The standard InChI is InChI=1S/C21H32N2O5/c1-7-17(24)23(12-16-10-9-11-28-16)15(5)20(25)18-13(3)19(21(26)27-6)22(8-2)14(18)4/h15-16H,7-12H2,1-6H3. The molecule has 0 bridgehead atoms. The molecule has 1 aliphatic rings. The molecule has 1 fully saturated rings.